The molecule has 0 aliphatic carbocycles. The Hall–Kier alpha value is -7.86. The van der Waals surface area contributed by atoms with E-state index in [0.29, 0.717) is 0 Å². The Morgan fingerprint density at radius 2 is 0.737 bits per heavy atom. The molecule has 15 nitrogen and oxygen atoms in total. The number of benzene rings is 7. The Labute approximate surface area is 439 Å². The first kappa shape index (κ1) is 53.0. The Kier molecular flexibility index (Phi) is 18.5. The number of aliphatic hydroxyl groups is 1. The molecule has 1 N–H and O–H groups in total. The Morgan fingerprint density at radius 1 is 0.368 bits per heavy atom. The van der Waals surface area contributed by atoms with Gasteiger partial charge in [0.1, 0.15) is 37.1 Å². The van der Waals surface area contributed by atoms with Gasteiger partial charge < -0.3 is 52.5 Å². The van der Waals surface area contributed by atoms with Gasteiger partial charge in [-0.2, -0.15) is 0 Å². The van der Waals surface area contributed by atoms with Crippen molar-refractivity contribution in [3.8, 4) is 0 Å². The van der Waals surface area contributed by atoms with E-state index in [9.17, 15) is 24.3 Å². The summed E-state index contributed by atoms with van der Waals surface area (Å²) in [5.41, 5.74) is 2.98. The van der Waals surface area contributed by atoms with Gasteiger partial charge in [-0.15, -0.1) is 0 Å². The van der Waals surface area contributed by atoms with E-state index in [4.69, 9.17) is 47.4 Å². The van der Waals surface area contributed by atoms with E-state index in [-0.39, 0.29) is 48.7 Å². The zero-order valence-electron chi connectivity index (χ0n) is 41.2. The molecule has 2 fully saturated rings. The van der Waals surface area contributed by atoms with E-state index in [1.165, 1.54) is 36.4 Å². The van der Waals surface area contributed by atoms with Crippen molar-refractivity contribution in [3.63, 3.8) is 0 Å². The second-order valence-electron chi connectivity index (χ2n) is 17.9. The van der Waals surface area contributed by atoms with Crippen LogP contribution < -0.4 is 0 Å². The molecule has 2 aliphatic heterocycles. The molecule has 0 amide bonds. The summed E-state index contributed by atoms with van der Waals surface area (Å²) in [5, 5.41) is 11.9. The largest absolute Gasteiger partial charge is 0.459 e. The van der Waals surface area contributed by atoms with E-state index in [1.54, 1.807) is 84.9 Å². The number of ether oxygens (including phenoxy) is 10. The van der Waals surface area contributed by atoms with Crippen LogP contribution in [-0.2, 0) is 67.2 Å². The number of hydrogen-bond acceptors (Lipinski definition) is 15. The summed E-state index contributed by atoms with van der Waals surface area (Å²) < 4.78 is 64.8. The van der Waals surface area contributed by atoms with Crippen LogP contribution in [0.2, 0.25) is 0 Å². The molecule has 0 bridgehead atoms. The monoisotopic (exact) mass is 1030 g/mol. The Morgan fingerprint density at radius 3 is 1.20 bits per heavy atom. The third-order valence-electron chi connectivity index (χ3n) is 12.6. The first-order valence-electron chi connectivity index (χ1n) is 24.8. The highest BCUT2D eigenvalue weighted by Crippen LogP contribution is 2.36. The molecule has 2 aliphatic rings. The van der Waals surface area contributed by atoms with Gasteiger partial charge in [-0.1, -0.05) is 164 Å². The number of hydrogen-bond donors (Lipinski definition) is 1. The summed E-state index contributed by atoms with van der Waals surface area (Å²) in [6.07, 6.45) is -14.9. The highest BCUT2D eigenvalue weighted by atomic mass is 16.8. The van der Waals surface area contributed by atoms with Gasteiger partial charge in [0.05, 0.1) is 48.7 Å². The van der Waals surface area contributed by atoms with E-state index in [1.807, 2.05) is 91.0 Å². The molecule has 76 heavy (non-hydrogen) atoms. The normalized spacial score (nSPS) is 23.1. The molecule has 2 heterocycles. The molecule has 0 radical (unpaired) electrons. The minimum Gasteiger partial charge on any atom is -0.459 e. The number of carbonyl (C=O) groups is 4. The van der Waals surface area contributed by atoms with Crippen LogP contribution in [0.15, 0.2) is 212 Å². The smallest absolute Gasteiger partial charge is 0.338 e. The standard InChI is InChI=1S/C61H56O15/c62-56(44-28-14-4-15-29-44)70-40-49-51(73-57(63)45-30-16-5-17-31-45)53(74-58(64)46-32-18-6-19-33-46)55(75-59(65)47-34-20-7-21-35-47)61(72-49)76-50-48(39-67-36-41-22-8-1-9-23-41)71-60(66)54(69-38-43-26-12-3-13-27-43)52(50)68-37-42-24-10-2-11-25-42/h1-35,48-55,60-61,66H,36-40H2/t48-,49-,50-,51-,52+,53+,54-,55+,60+,61-/m1/s1. The minimum absolute atomic E-state index is 0.00566. The first-order valence-corrected chi connectivity index (χ1v) is 24.8. The summed E-state index contributed by atoms with van der Waals surface area (Å²) in [6, 6.07) is 60.5. The number of aliphatic hydroxyl groups excluding tert-OH is 1. The molecular formula is C61H56O15. The highest BCUT2D eigenvalue weighted by Gasteiger charge is 2.57. The van der Waals surface area contributed by atoms with Crippen molar-refractivity contribution in [1.82, 2.24) is 0 Å². The minimum atomic E-state index is -1.77. The maximum Gasteiger partial charge on any atom is 0.338 e. The first-order chi connectivity index (χ1) is 37.3. The highest BCUT2D eigenvalue weighted by molar-refractivity contribution is 5.91. The van der Waals surface area contributed by atoms with Gasteiger partial charge in [0.15, 0.2) is 30.9 Å². The fraction of sp³-hybridized carbons (Fsp3) is 0.246. The lowest BCUT2D eigenvalue weighted by atomic mass is 9.95. The number of rotatable bonds is 21. The predicted molar refractivity (Wildman–Crippen MR) is 274 cm³/mol. The van der Waals surface area contributed by atoms with Crippen molar-refractivity contribution in [2.45, 2.75) is 81.2 Å². The second kappa shape index (κ2) is 26.6. The summed E-state index contributed by atoms with van der Waals surface area (Å²) in [7, 11) is 0. The van der Waals surface area contributed by atoms with Crippen molar-refractivity contribution >= 4 is 23.9 Å². The molecule has 0 saturated carbocycles. The topological polar surface area (TPSA) is 181 Å². The van der Waals surface area contributed by atoms with E-state index >= 15 is 0 Å². The van der Waals surface area contributed by atoms with Crippen molar-refractivity contribution in [2.75, 3.05) is 13.2 Å². The molecule has 15 heteroatoms. The molecule has 7 aromatic rings. The van der Waals surface area contributed by atoms with Crippen molar-refractivity contribution in [1.29, 1.82) is 0 Å². The van der Waals surface area contributed by atoms with Gasteiger partial charge >= 0.3 is 23.9 Å². The van der Waals surface area contributed by atoms with Crippen molar-refractivity contribution in [3.05, 3.63) is 251 Å². The molecule has 0 unspecified atom stereocenters. The van der Waals surface area contributed by atoms with Gasteiger partial charge in [-0.25, -0.2) is 19.2 Å². The van der Waals surface area contributed by atoms with Gasteiger partial charge in [0.2, 0.25) is 0 Å². The van der Waals surface area contributed by atoms with Crippen LogP contribution in [-0.4, -0.2) is 104 Å². The summed E-state index contributed by atoms with van der Waals surface area (Å²) in [6.45, 7) is -0.608. The number of esters is 4. The van der Waals surface area contributed by atoms with E-state index in [0.717, 1.165) is 16.7 Å². The molecule has 0 spiro atoms. The fourth-order valence-corrected chi connectivity index (χ4v) is 8.75. The third-order valence-corrected chi connectivity index (χ3v) is 12.6. The fourth-order valence-electron chi connectivity index (χ4n) is 8.75. The van der Waals surface area contributed by atoms with Crippen LogP contribution in [0.25, 0.3) is 0 Å². The molecular weight excluding hydrogens is 973 g/mol. The van der Waals surface area contributed by atoms with Crippen LogP contribution in [0.3, 0.4) is 0 Å². The maximum atomic E-state index is 14.5. The van der Waals surface area contributed by atoms with Crippen LogP contribution in [0.4, 0.5) is 0 Å². The molecule has 10 atom stereocenters. The predicted octanol–water partition coefficient (Wildman–Crippen LogP) is 8.74. The van der Waals surface area contributed by atoms with Crippen LogP contribution in [0.1, 0.15) is 58.1 Å². The molecule has 7 aromatic carbocycles. The molecule has 390 valence electrons. The molecule has 2 saturated heterocycles. The summed E-state index contributed by atoms with van der Waals surface area (Å²) >= 11 is 0. The maximum absolute atomic E-state index is 14.5. The van der Waals surface area contributed by atoms with Gasteiger partial charge in [0.25, 0.3) is 0 Å². The van der Waals surface area contributed by atoms with Gasteiger partial charge in [-0.05, 0) is 65.2 Å². The third kappa shape index (κ3) is 14.1. The van der Waals surface area contributed by atoms with Crippen molar-refractivity contribution < 1.29 is 71.7 Å². The lowest BCUT2D eigenvalue weighted by Crippen LogP contribution is -2.67. The average molecular weight is 1030 g/mol. The van der Waals surface area contributed by atoms with Crippen LogP contribution in [0, 0.1) is 0 Å². The van der Waals surface area contributed by atoms with Gasteiger partial charge in [0, 0.05) is 0 Å². The van der Waals surface area contributed by atoms with E-state index < -0.39 is 91.9 Å². The van der Waals surface area contributed by atoms with Crippen molar-refractivity contribution in [2.24, 2.45) is 0 Å². The Bertz CT molecular complexity index is 2900. The summed E-state index contributed by atoms with van der Waals surface area (Å²) in [4.78, 5) is 56.8. The molecule has 0 aromatic heterocycles. The zero-order valence-corrected chi connectivity index (χ0v) is 41.2. The van der Waals surface area contributed by atoms with Crippen LogP contribution in [0.5, 0.6) is 0 Å². The van der Waals surface area contributed by atoms with E-state index in [2.05, 4.69) is 0 Å². The van der Waals surface area contributed by atoms with Crippen LogP contribution >= 0.6 is 0 Å². The summed E-state index contributed by atoms with van der Waals surface area (Å²) in [5.74, 6) is -3.38. The SMILES string of the molecule is O=C(OC[C@H]1O[C@H](O[C@H]2[C@H](OCc3ccccc3)[C@@H](OCc3ccccc3)[C@@H](O)O[C@@H]2COCc2ccccc2)[C@@H](OC(=O)c2ccccc2)[C@@H](OC(=O)c2ccccc2)[C@@H]1OC(=O)c1ccccc1)c1ccccc1. The number of carbonyl (C=O) groups excluding carboxylic acids is 4. The lowest BCUT2D eigenvalue weighted by molar-refractivity contribution is -0.363. The lowest BCUT2D eigenvalue weighted by Gasteiger charge is -2.49. The zero-order chi connectivity index (χ0) is 52.5. The van der Waals surface area contributed by atoms with Gasteiger partial charge in [-0.3, -0.25) is 0 Å². The Balaban J connectivity index is 1.15. The quantitative estimate of drug-likeness (QED) is 0.0533. The molecule has 9 rings (SSSR count). The second-order valence-corrected chi connectivity index (χ2v) is 17.9. The average Bonchev–Trinajstić information content (AvgIpc) is 3.50.